The van der Waals surface area contributed by atoms with Gasteiger partial charge in [0.1, 0.15) is 5.82 Å². The van der Waals surface area contributed by atoms with E-state index in [1.165, 1.54) is 17.6 Å². The largest absolute Gasteiger partial charge is 0.459 e. The summed E-state index contributed by atoms with van der Waals surface area (Å²) in [5.74, 6) is 0.712. The molecule has 0 aliphatic heterocycles. The van der Waals surface area contributed by atoms with E-state index in [0.29, 0.717) is 21.6 Å². The lowest BCUT2D eigenvalue weighted by molar-refractivity contribution is 0.0995. The Hall–Kier alpha value is -2.87. The second-order valence-electron chi connectivity index (χ2n) is 6.30. The van der Waals surface area contributed by atoms with Crippen LogP contribution < -0.4 is 10.6 Å². The van der Waals surface area contributed by atoms with Gasteiger partial charge in [-0.05, 0) is 36.6 Å². The molecule has 0 aliphatic rings. The van der Waals surface area contributed by atoms with Crippen LogP contribution in [0.4, 0.5) is 10.8 Å². The number of carbonyl (C=O) groups excluding carboxylic acids is 2. The molecule has 0 spiro atoms. The molecule has 3 aromatic heterocycles. The predicted molar refractivity (Wildman–Crippen MR) is 101 cm³/mol. The Morgan fingerprint density at radius 3 is 2.77 bits per heavy atom. The Morgan fingerprint density at radius 1 is 1.27 bits per heavy atom. The zero-order valence-electron chi connectivity index (χ0n) is 14.8. The van der Waals surface area contributed by atoms with E-state index in [9.17, 15) is 9.59 Å². The number of hydrogen-bond donors (Lipinski definition) is 2. The molecule has 0 fully saturated rings. The number of amides is 2. The summed E-state index contributed by atoms with van der Waals surface area (Å²) >= 11 is 1.22. The smallest absolute Gasteiger partial charge is 0.291 e. The van der Waals surface area contributed by atoms with Crippen molar-refractivity contribution < 1.29 is 14.0 Å². The lowest BCUT2D eigenvalue weighted by atomic mass is 10.2. The Labute approximate surface area is 155 Å². The third-order valence-corrected chi connectivity index (χ3v) is 4.75. The molecule has 0 aliphatic carbocycles. The highest BCUT2D eigenvalue weighted by atomic mass is 32.1. The Morgan fingerprint density at radius 2 is 2.08 bits per heavy atom. The number of nitrogens with zero attached hydrogens (tertiary/aromatic N) is 2. The van der Waals surface area contributed by atoms with E-state index in [4.69, 9.17) is 4.42 Å². The lowest BCUT2D eigenvalue weighted by Gasteiger charge is -2.10. The summed E-state index contributed by atoms with van der Waals surface area (Å²) in [5, 5.41) is 10.5. The Bertz CT molecular complexity index is 909. The third-order valence-electron chi connectivity index (χ3n) is 3.60. The highest BCUT2D eigenvalue weighted by molar-refractivity contribution is 7.18. The van der Waals surface area contributed by atoms with Gasteiger partial charge in [0.15, 0.2) is 5.76 Å². The minimum absolute atomic E-state index is 0.222. The summed E-state index contributed by atoms with van der Waals surface area (Å²) in [7, 11) is 0. The Kier molecular flexibility index (Phi) is 5.22. The van der Waals surface area contributed by atoms with Crippen molar-refractivity contribution in [2.45, 2.75) is 27.3 Å². The number of anilines is 2. The first-order valence-electron chi connectivity index (χ1n) is 8.22. The van der Waals surface area contributed by atoms with Gasteiger partial charge in [-0.3, -0.25) is 9.59 Å². The van der Waals surface area contributed by atoms with Crippen molar-refractivity contribution in [3.63, 3.8) is 0 Å². The van der Waals surface area contributed by atoms with E-state index in [0.717, 1.165) is 12.1 Å². The molecular weight excluding hydrogens is 352 g/mol. The SMILES string of the molecule is Cc1cc(NC(=O)c2ccco2)sc1C(=O)Nc1ccnn1CC(C)C. The molecule has 0 bridgehead atoms. The maximum atomic E-state index is 12.6. The van der Waals surface area contributed by atoms with Crippen molar-refractivity contribution in [3.05, 3.63) is 52.9 Å². The molecule has 2 amide bonds. The van der Waals surface area contributed by atoms with Crippen molar-refractivity contribution in [1.29, 1.82) is 0 Å². The maximum Gasteiger partial charge on any atom is 0.291 e. The topological polar surface area (TPSA) is 89.2 Å². The first-order chi connectivity index (χ1) is 12.4. The number of aromatic nitrogens is 2. The number of rotatable bonds is 6. The quantitative estimate of drug-likeness (QED) is 0.684. The summed E-state index contributed by atoms with van der Waals surface area (Å²) in [6.07, 6.45) is 3.10. The van der Waals surface area contributed by atoms with E-state index < -0.39 is 0 Å². The molecule has 7 nitrogen and oxygen atoms in total. The summed E-state index contributed by atoms with van der Waals surface area (Å²) in [6.45, 7) is 6.73. The minimum Gasteiger partial charge on any atom is -0.459 e. The van der Waals surface area contributed by atoms with Gasteiger partial charge in [-0.15, -0.1) is 11.3 Å². The molecule has 0 aromatic carbocycles. The van der Waals surface area contributed by atoms with Gasteiger partial charge in [-0.2, -0.15) is 5.10 Å². The molecule has 0 unspecified atom stereocenters. The van der Waals surface area contributed by atoms with Crippen LogP contribution in [0.1, 0.15) is 39.6 Å². The second-order valence-corrected chi connectivity index (χ2v) is 7.35. The molecule has 0 saturated heterocycles. The van der Waals surface area contributed by atoms with Gasteiger partial charge in [0.05, 0.1) is 22.3 Å². The van der Waals surface area contributed by atoms with Gasteiger partial charge >= 0.3 is 0 Å². The monoisotopic (exact) mass is 372 g/mol. The lowest BCUT2D eigenvalue weighted by Crippen LogP contribution is -2.17. The van der Waals surface area contributed by atoms with Crippen molar-refractivity contribution in [2.75, 3.05) is 10.6 Å². The van der Waals surface area contributed by atoms with Crippen LogP contribution in [-0.4, -0.2) is 21.6 Å². The van der Waals surface area contributed by atoms with Gasteiger partial charge in [-0.1, -0.05) is 13.8 Å². The summed E-state index contributed by atoms with van der Waals surface area (Å²) in [5.41, 5.74) is 0.789. The van der Waals surface area contributed by atoms with Crippen LogP contribution in [0.5, 0.6) is 0 Å². The fourth-order valence-corrected chi connectivity index (χ4v) is 3.42. The average molecular weight is 372 g/mol. The maximum absolute atomic E-state index is 12.6. The molecule has 3 heterocycles. The normalized spacial score (nSPS) is 10.9. The van der Waals surface area contributed by atoms with E-state index in [-0.39, 0.29) is 17.6 Å². The van der Waals surface area contributed by atoms with E-state index in [2.05, 4.69) is 29.6 Å². The van der Waals surface area contributed by atoms with Crippen LogP contribution in [0.3, 0.4) is 0 Å². The van der Waals surface area contributed by atoms with E-state index in [1.807, 2.05) is 6.92 Å². The fraction of sp³-hybridized carbons (Fsp3) is 0.278. The summed E-state index contributed by atoms with van der Waals surface area (Å²) < 4.78 is 6.84. The number of thiophene rings is 1. The second kappa shape index (κ2) is 7.57. The summed E-state index contributed by atoms with van der Waals surface area (Å²) in [6, 6.07) is 6.77. The zero-order chi connectivity index (χ0) is 18.7. The van der Waals surface area contributed by atoms with Gasteiger partial charge < -0.3 is 15.1 Å². The molecular formula is C18H20N4O3S. The molecule has 0 atom stereocenters. The van der Waals surface area contributed by atoms with Gasteiger partial charge in [0.2, 0.25) is 0 Å². The van der Waals surface area contributed by atoms with Crippen molar-refractivity contribution >= 4 is 34.0 Å². The van der Waals surface area contributed by atoms with E-state index in [1.54, 1.807) is 35.1 Å². The molecule has 8 heteroatoms. The van der Waals surface area contributed by atoms with Crippen LogP contribution >= 0.6 is 11.3 Å². The number of aryl methyl sites for hydroxylation is 1. The van der Waals surface area contributed by atoms with Crippen molar-refractivity contribution in [1.82, 2.24) is 9.78 Å². The molecule has 136 valence electrons. The third kappa shape index (κ3) is 4.02. The predicted octanol–water partition coefficient (Wildman–Crippen LogP) is 4.01. The van der Waals surface area contributed by atoms with E-state index >= 15 is 0 Å². The van der Waals surface area contributed by atoms with Crippen molar-refractivity contribution in [3.8, 4) is 0 Å². The molecule has 3 rings (SSSR count). The number of furan rings is 1. The number of carbonyl (C=O) groups is 2. The van der Waals surface area contributed by atoms with Gasteiger partial charge in [0, 0.05) is 12.6 Å². The van der Waals surface area contributed by atoms with Crippen molar-refractivity contribution in [2.24, 2.45) is 5.92 Å². The number of hydrogen-bond acceptors (Lipinski definition) is 5. The van der Waals surface area contributed by atoms with Gasteiger partial charge in [0.25, 0.3) is 11.8 Å². The highest BCUT2D eigenvalue weighted by Crippen LogP contribution is 2.28. The molecule has 0 radical (unpaired) electrons. The highest BCUT2D eigenvalue weighted by Gasteiger charge is 2.18. The molecule has 2 N–H and O–H groups in total. The summed E-state index contributed by atoms with van der Waals surface area (Å²) in [4.78, 5) is 25.2. The zero-order valence-corrected chi connectivity index (χ0v) is 15.6. The van der Waals surface area contributed by atoms with Crippen LogP contribution in [0.15, 0.2) is 41.1 Å². The van der Waals surface area contributed by atoms with Gasteiger partial charge in [-0.25, -0.2) is 4.68 Å². The minimum atomic E-state index is -0.349. The van der Waals surface area contributed by atoms with Crippen LogP contribution in [0, 0.1) is 12.8 Å². The fourth-order valence-electron chi connectivity index (χ4n) is 2.45. The molecule has 3 aromatic rings. The standard InChI is InChI=1S/C18H20N4O3S/c1-11(2)10-22-14(6-7-19-22)20-18(24)16-12(3)9-15(26-16)21-17(23)13-5-4-8-25-13/h4-9,11H,10H2,1-3H3,(H,20,24)(H,21,23). The molecule has 0 saturated carbocycles. The van der Waals surface area contributed by atoms with Crippen LogP contribution in [0.2, 0.25) is 0 Å². The van der Waals surface area contributed by atoms with Crippen LogP contribution in [0.25, 0.3) is 0 Å². The first-order valence-corrected chi connectivity index (χ1v) is 9.04. The Balaban J connectivity index is 1.71. The van der Waals surface area contributed by atoms with Crippen LogP contribution in [-0.2, 0) is 6.54 Å². The first kappa shape index (κ1) is 17.9. The molecule has 26 heavy (non-hydrogen) atoms. The average Bonchev–Trinajstić information content (AvgIpc) is 3.29. The number of nitrogens with one attached hydrogen (secondary N) is 2.